The van der Waals surface area contributed by atoms with E-state index in [4.69, 9.17) is 18.5 Å². The molecule has 0 aliphatic heterocycles. The fraction of sp³-hybridized carbons (Fsp3) is 0.844. The number of carbonyl (C=O) groups excluding carboxylic acids is 2. The molecule has 87 heavy (non-hydrogen) atoms. The molecule has 10 heteroatoms. The number of hydrogen-bond acceptors (Lipinski definition) is 8. The van der Waals surface area contributed by atoms with E-state index in [1.165, 1.54) is 263 Å². The van der Waals surface area contributed by atoms with Crippen molar-refractivity contribution < 1.29 is 42.1 Å². The molecule has 0 aromatic heterocycles. The molecule has 0 heterocycles. The summed E-state index contributed by atoms with van der Waals surface area (Å²) in [4.78, 5) is 38.1. The van der Waals surface area contributed by atoms with Crippen LogP contribution in [-0.4, -0.2) is 70.0 Å². The summed E-state index contributed by atoms with van der Waals surface area (Å²) in [5, 5.41) is 0. The normalized spacial score (nSPS) is 13.4. The largest absolute Gasteiger partial charge is 0.756 e. The standard InChI is InChI=1S/C77H144NO8P/c1-6-8-10-12-14-16-18-20-22-24-26-28-30-32-34-36-37-38-39-40-42-43-45-47-49-51-53-55-57-59-61-63-65-67-69-76(79)83-73-75(74-85-87(81,82)84-72-71-78(3,4)5)86-77(80)70-68-66-64-62-60-58-56-54-52-50-48-46-44-41-35-33-31-29-27-25-23-21-19-17-15-13-11-9-7-2/h9,11,15,17,21,23,27,29,33,35,75H,6-8,10,12-14,16,18-20,22,24-26,28,30-32,34,36-74H2,1-5H3/b11-9-,17-15-,23-21-,29-27-,35-33-. The molecular weight excluding hydrogens is 1100 g/mol. The van der Waals surface area contributed by atoms with Crippen molar-refractivity contribution >= 4 is 19.8 Å². The Morgan fingerprint density at radius 2 is 0.655 bits per heavy atom. The van der Waals surface area contributed by atoms with E-state index in [2.05, 4.69) is 74.6 Å². The minimum atomic E-state index is -4.64. The Balaban J connectivity index is 3.96. The number of allylic oxidation sites excluding steroid dienone is 10. The lowest BCUT2D eigenvalue weighted by molar-refractivity contribution is -0.870. The Bertz CT molecular complexity index is 1650. The smallest absolute Gasteiger partial charge is 0.306 e. The molecule has 0 saturated carbocycles. The van der Waals surface area contributed by atoms with E-state index in [1.807, 2.05) is 21.1 Å². The topological polar surface area (TPSA) is 111 Å². The molecule has 0 rings (SSSR count). The number of phosphoric acid groups is 1. The summed E-state index contributed by atoms with van der Waals surface area (Å²) in [5.74, 6) is -0.817. The first-order chi connectivity index (χ1) is 42.5. The maximum absolute atomic E-state index is 12.9. The first kappa shape index (κ1) is 84.7. The zero-order chi connectivity index (χ0) is 63.4. The van der Waals surface area contributed by atoms with Crippen molar-refractivity contribution in [1.82, 2.24) is 0 Å². The lowest BCUT2D eigenvalue weighted by atomic mass is 10.0. The number of ether oxygens (including phenoxy) is 2. The van der Waals surface area contributed by atoms with E-state index in [9.17, 15) is 19.0 Å². The molecule has 0 N–H and O–H groups in total. The van der Waals surface area contributed by atoms with Crippen molar-refractivity contribution in [2.45, 2.75) is 373 Å². The third-order valence-electron chi connectivity index (χ3n) is 16.8. The maximum atomic E-state index is 12.9. The average molecular weight is 1240 g/mol. The molecule has 0 bridgehead atoms. The van der Waals surface area contributed by atoms with E-state index < -0.39 is 26.5 Å². The Morgan fingerprint density at radius 1 is 0.368 bits per heavy atom. The second-order valence-corrected chi connectivity index (χ2v) is 28.1. The van der Waals surface area contributed by atoms with Crippen LogP contribution in [0.25, 0.3) is 0 Å². The third kappa shape index (κ3) is 72.6. The van der Waals surface area contributed by atoms with Gasteiger partial charge in [0.05, 0.1) is 27.7 Å². The minimum absolute atomic E-state index is 0.0304. The van der Waals surface area contributed by atoms with Crippen molar-refractivity contribution in [3.05, 3.63) is 60.8 Å². The molecule has 9 nitrogen and oxygen atoms in total. The number of nitrogens with zero attached hydrogens (tertiary/aromatic N) is 1. The molecular formula is C77H144NO8P. The fourth-order valence-corrected chi connectivity index (χ4v) is 11.8. The van der Waals surface area contributed by atoms with E-state index in [1.54, 1.807) is 0 Å². The molecule has 0 spiro atoms. The number of hydrogen-bond donors (Lipinski definition) is 0. The Hall–Kier alpha value is -2.29. The molecule has 0 saturated heterocycles. The summed E-state index contributed by atoms with van der Waals surface area (Å²) in [6, 6.07) is 0. The van der Waals surface area contributed by atoms with Gasteiger partial charge in [0.2, 0.25) is 0 Å². The zero-order valence-electron chi connectivity index (χ0n) is 58.2. The van der Waals surface area contributed by atoms with Gasteiger partial charge in [-0.3, -0.25) is 14.2 Å². The molecule has 0 radical (unpaired) electrons. The highest BCUT2D eigenvalue weighted by Crippen LogP contribution is 2.38. The highest BCUT2D eigenvalue weighted by atomic mass is 31.2. The van der Waals surface area contributed by atoms with Crippen LogP contribution in [0, 0.1) is 0 Å². The number of phosphoric ester groups is 1. The van der Waals surface area contributed by atoms with Gasteiger partial charge in [-0.2, -0.15) is 0 Å². The van der Waals surface area contributed by atoms with Gasteiger partial charge >= 0.3 is 11.9 Å². The van der Waals surface area contributed by atoms with E-state index in [-0.39, 0.29) is 32.0 Å². The minimum Gasteiger partial charge on any atom is -0.756 e. The number of rotatable bonds is 70. The van der Waals surface area contributed by atoms with Crippen LogP contribution in [0.4, 0.5) is 0 Å². The Labute approximate surface area is 540 Å². The molecule has 0 aromatic carbocycles. The lowest BCUT2D eigenvalue weighted by Gasteiger charge is -2.28. The fourth-order valence-electron chi connectivity index (χ4n) is 11.1. The highest BCUT2D eigenvalue weighted by Gasteiger charge is 2.22. The second kappa shape index (κ2) is 68.1. The van der Waals surface area contributed by atoms with E-state index in [0.29, 0.717) is 17.4 Å². The van der Waals surface area contributed by atoms with Gasteiger partial charge in [-0.05, 0) is 57.8 Å². The Morgan fingerprint density at radius 3 is 0.977 bits per heavy atom. The first-order valence-corrected chi connectivity index (χ1v) is 39.0. The van der Waals surface area contributed by atoms with Crippen LogP contribution >= 0.6 is 7.82 Å². The average Bonchev–Trinajstić information content (AvgIpc) is 3.56. The predicted octanol–water partition coefficient (Wildman–Crippen LogP) is 23.9. The van der Waals surface area contributed by atoms with Gasteiger partial charge in [-0.25, -0.2) is 0 Å². The van der Waals surface area contributed by atoms with Crippen LogP contribution in [0.3, 0.4) is 0 Å². The summed E-state index contributed by atoms with van der Waals surface area (Å²) in [6.45, 7) is 4.19. The third-order valence-corrected chi connectivity index (χ3v) is 17.8. The summed E-state index contributed by atoms with van der Waals surface area (Å²) >= 11 is 0. The second-order valence-electron chi connectivity index (χ2n) is 26.6. The van der Waals surface area contributed by atoms with Gasteiger partial charge in [0.15, 0.2) is 6.10 Å². The molecule has 0 fully saturated rings. The summed E-state index contributed by atoms with van der Waals surface area (Å²) < 4.78 is 34.4. The van der Waals surface area contributed by atoms with Crippen LogP contribution in [0.2, 0.25) is 0 Å². The lowest BCUT2D eigenvalue weighted by Crippen LogP contribution is -2.37. The SMILES string of the molecule is CC/C=C\C/C=C\C/C=C\C/C=C\C/C=C\CCCCCCCCCCCCCCCC(=O)OC(COC(=O)CCCCCCCCCCCCCCCCCCCCCCCCCCCCCCCCCCCC)COP(=O)([O-])OCC[N+](C)(C)C. The number of carbonyl (C=O) groups is 2. The quantitative estimate of drug-likeness (QED) is 0.0195. The molecule has 0 aromatic rings. The van der Waals surface area contributed by atoms with Crippen LogP contribution in [0.5, 0.6) is 0 Å². The van der Waals surface area contributed by atoms with Gasteiger partial charge in [-0.15, -0.1) is 0 Å². The summed E-state index contributed by atoms with van der Waals surface area (Å²) in [6.07, 6.45) is 90.4. The number of esters is 2. The van der Waals surface area contributed by atoms with E-state index in [0.717, 1.165) is 70.6 Å². The Kier molecular flexibility index (Phi) is 66.3. The van der Waals surface area contributed by atoms with Gasteiger partial charge < -0.3 is 27.9 Å². The molecule has 510 valence electrons. The summed E-state index contributed by atoms with van der Waals surface area (Å²) in [5.41, 5.74) is 0. The molecule has 2 atom stereocenters. The molecule has 0 aliphatic carbocycles. The predicted molar refractivity (Wildman–Crippen MR) is 374 cm³/mol. The summed E-state index contributed by atoms with van der Waals surface area (Å²) in [7, 11) is 1.18. The van der Waals surface area contributed by atoms with Crippen LogP contribution < -0.4 is 4.89 Å². The van der Waals surface area contributed by atoms with Gasteiger partial charge in [0, 0.05) is 12.8 Å². The molecule has 0 aliphatic rings. The molecule has 2 unspecified atom stereocenters. The van der Waals surface area contributed by atoms with Crippen molar-refractivity contribution in [2.75, 3.05) is 47.5 Å². The van der Waals surface area contributed by atoms with Crippen molar-refractivity contribution in [3.8, 4) is 0 Å². The highest BCUT2D eigenvalue weighted by molar-refractivity contribution is 7.45. The van der Waals surface area contributed by atoms with E-state index >= 15 is 0 Å². The monoisotopic (exact) mass is 1240 g/mol. The first-order valence-electron chi connectivity index (χ1n) is 37.5. The number of quaternary nitrogens is 1. The van der Waals surface area contributed by atoms with Gasteiger partial charge in [0.1, 0.15) is 19.8 Å². The zero-order valence-corrected chi connectivity index (χ0v) is 59.1. The molecule has 0 amide bonds. The van der Waals surface area contributed by atoms with Crippen molar-refractivity contribution in [2.24, 2.45) is 0 Å². The van der Waals surface area contributed by atoms with Crippen LogP contribution in [0.1, 0.15) is 367 Å². The van der Waals surface area contributed by atoms with Crippen LogP contribution in [-0.2, 0) is 32.7 Å². The van der Waals surface area contributed by atoms with Gasteiger partial charge in [-0.1, -0.05) is 357 Å². The van der Waals surface area contributed by atoms with Crippen LogP contribution in [0.15, 0.2) is 60.8 Å². The van der Waals surface area contributed by atoms with Gasteiger partial charge in [0.25, 0.3) is 7.82 Å². The maximum Gasteiger partial charge on any atom is 0.306 e. The number of unbranched alkanes of at least 4 members (excludes halogenated alkanes) is 46. The van der Waals surface area contributed by atoms with Crippen molar-refractivity contribution in [1.29, 1.82) is 0 Å². The number of likely N-dealkylation sites (N-methyl/N-ethyl adjacent to an activating group) is 1. The van der Waals surface area contributed by atoms with Crippen molar-refractivity contribution in [3.63, 3.8) is 0 Å².